The van der Waals surface area contributed by atoms with Crippen molar-refractivity contribution in [1.29, 1.82) is 0 Å². The maximum atomic E-state index is 12.5. The van der Waals surface area contributed by atoms with Gasteiger partial charge in [-0.05, 0) is 18.1 Å². The number of nitro groups is 1. The van der Waals surface area contributed by atoms with E-state index in [1.807, 2.05) is 30.3 Å². The Hall–Kier alpha value is -1.95. The van der Waals surface area contributed by atoms with Gasteiger partial charge in [0.2, 0.25) is 0 Å². The van der Waals surface area contributed by atoms with Gasteiger partial charge in [0.25, 0.3) is 15.7 Å². The Morgan fingerprint density at radius 3 is 2.39 bits per heavy atom. The molecule has 0 radical (unpaired) electrons. The van der Waals surface area contributed by atoms with Gasteiger partial charge >= 0.3 is 0 Å². The molecule has 2 aromatic rings. The lowest BCUT2D eigenvalue weighted by atomic mass is 10.2. The summed E-state index contributed by atoms with van der Waals surface area (Å²) in [4.78, 5) is 9.72. The number of nitrogens with zero attached hydrogens (tertiary/aromatic N) is 2. The van der Waals surface area contributed by atoms with Crippen LogP contribution in [0, 0.1) is 10.1 Å². The highest BCUT2D eigenvalue weighted by atomic mass is 32.3. The Morgan fingerprint density at radius 2 is 1.75 bits per heavy atom. The standard InChI is InChI=1S/C17H20N2O6S2.H2S/c1-26(22,12-6-11-25-14-15-7-3-2-4-8-15)18-27(23,24)17-10-5-9-16(13-17)19(20)21;/h2-5,7-10,13H,6,11-12,14H2,1H3;1H2/t26-;/m0./s1. The highest BCUT2D eigenvalue weighted by Crippen LogP contribution is 2.20. The summed E-state index contributed by atoms with van der Waals surface area (Å²) in [6.07, 6.45) is 1.62. The smallest absolute Gasteiger partial charge is 0.290 e. The number of rotatable bonds is 9. The molecule has 0 aliphatic carbocycles. The Kier molecular flexibility index (Phi) is 9.08. The predicted molar refractivity (Wildman–Crippen MR) is 113 cm³/mol. The van der Waals surface area contributed by atoms with Gasteiger partial charge in [0.05, 0.1) is 26.2 Å². The summed E-state index contributed by atoms with van der Waals surface area (Å²) < 4.78 is 46.1. The van der Waals surface area contributed by atoms with Crippen LogP contribution < -0.4 is 0 Å². The van der Waals surface area contributed by atoms with E-state index in [1.165, 1.54) is 24.5 Å². The van der Waals surface area contributed by atoms with Gasteiger partial charge in [-0.15, -0.1) is 3.77 Å². The number of sulfonamides is 1. The molecule has 154 valence electrons. The van der Waals surface area contributed by atoms with Crippen molar-refractivity contribution in [3.63, 3.8) is 0 Å². The zero-order chi connectivity index (χ0) is 19.9. The van der Waals surface area contributed by atoms with Crippen molar-refractivity contribution in [3.05, 3.63) is 70.3 Å². The molecule has 2 aromatic carbocycles. The molecule has 0 spiro atoms. The van der Waals surface area contributed by atoms with Gasteiger partial charge < -0.3 is 4.74 Å². The first-order valence-electron chi connectivity index (χ1n) is 8.02. The van der Waals surface area contributed by atoms with E-state index in [-0.39, 0.29) is 29.8 Å². The van der Waals surface area contributed by atoms with E-state index in [4.69, 9.17) is 4.74 Å². The molecule has 0 fully saturated rings. The molecule has 28 heavy (non-hydrogen) atoms. The molecule has 0 bridgehead atoms. The molecule has 0 unspecified atom stereocenters. The second kappa shape index (κ2) is 10.6. The summed E-state index contributed by atoms with van der Waals surface area (Å²) in [5.41, 5.74) is 0.635. The second-order valence-electron chi connectivity index (χ2n) is 5.86. The number of non-ortho nitro benzene ring substituents is 1. The molecule has 0 aromatic heterocycles. The van der Waals surface area contributed by atoms with Crippen molar-refractivity contribution < 1.29 is 22.3 Å². The van der Waals surface area contributed by atoms with Gasteiger partial charge in [-0.25, -0.2) is 4.21 Å². The quantitative estimate of drug-likeness (QED) is 0.332. The number of hydrogen-bond acceptors (Lipinski definition) is 6. The Labute approximate surface area is 171 Å². The fraction of sp³-hybridized carbons (Fsp3) is 0.294. The van der Waals surface area contributed by atoms with Gasteiger partial charge in [0.15, 0.2) is 0 Å². The van der Waals surface area contributed by atoms with E-state index >= 15 is 0 Å². The fourth-order valence-corrected chi connectivity index (χ4v) is 5.72. The Morgan fingerprint density at radius 1 is 1.07 bits per heavy atom. The Balaban J connectivity index is 0.00000392. The SMILES string of the molecule is C[S@](=O)(CCCOCc1ccccc1)=NS(=O)(=O)c1cccc([N+](=O)[O-])c1.S. The van der Waals surface area contributed by atoms with E-state index in [9.17, 15) is 22.7 Å². The molecule has 0 heterocycles. The first kappa shape index (κ1) is 24.1. The number of benzene rings is 2. The summed E-state index contributed by atoms with van der Waals surface area (Å²) in [5.74, 6) is 0.0376. The molecule has 2 rings (SSSR count). The molecular weight excluding hydrogens is 424 g/mol. The lowest BCUT2D eigenvalue weighted by Crippen LogP contribution is -2.10. The normalized spacial score (nSPS) is 13.2. The number of ether oxygens (including phenoxy) is 1. The van der Waals surface area contributed by atoms with Crippen LogP contribution in [0.2, 0.25) is 0 Å². The topological polar surface area (TPSA) is 116 Å². The number of nitro benzene ring substituents is 1. The van der Waals surface area contributed by atoms with E-state index in [1.54, 1.807) is 0 Å². The van der Waals surface area contributed by atoms with Crippen molar-refractivity contribution in [1.82, 2.24) is 0 Å². The van der Waals surface area contributed by atoms with Crippen LogP contribution in [0.4, 0.5) is 5.69 Å². The third kappa shape index (κ3) is 7.58. The van der Waals surface area contributed by atoms with E-state index in [0.29, 0.717) is 19.6 Å². The first-order chi connectivity index (χ1) is 12.7. The van der Waals surface area contributed by atoms with Gasteiger partial charge in [-0.3, -0.25) is 10.1 Å². The minimum absolute atomic E-state index is 0. The lowest BCUT2D eigenvalue weighted by molar-refractivity contribution is -0.385. The molecule has 11 heteroatoms. The molecule has 0 aliphatic heterocycles. The van der Waals surface area contributed by atoms with Crippen molar-refractivity contribution in [2.75, 3.05) is 18.6 Å². The van der Waals surface area contributed by atoms with Crippen LogP contribution in [0.3, 0.4) is 0 Å². The van der Waals surface area contributed by atoms with Crippen LogP contribution in [-0.2, 0) is 31.1 Å². The summed E-state index contributed by atoms with van der Waals surface area (Å²) in [7, 11) is -7.28. The van der Waals surface area contributed by atoms with E-state index in [2.05, 4.69) is 3.77 Å². The van der Waals surface area contributed by atoms with Gasteiger partial charge in [-0.2, -0.15) is 21.9 Å². The van der Waals surface area contributed by atoms with Crippen molar-refractivity contribution in [2.24, 2.45) is 3.77 Å². The lowest BCUT2D eigenvalue weighted by Gasteiger charge is -2.06. The largest absolute Gasteiger partial charge is 0.377 e. The van der Waals surface area contributed by atoms with Gasteiger partial charge in [0, 0.05) is 30.7 Å². The maximum absolute atomic E-state index is 12.5. The van der Waals surface area contributed by atoms with Crippen LogP contribution in [0.1, 0.15) is 12.0 Å². The summed E-state index contributed by atoms with van der Waals surface area (Å²) in [5, 5.41) is 10.8. The molecule has 0 N–H and O–H groups in total. The maximum Gasteiger partial charge on any atom is 0.290 e. The average molecular weight is 447 g/mol. The minimum atomic E-state index is -4.26. The molecule has 0 saturated carbocycles. The summed E-state index contributed by atoms with van der Waals surface area (Å²) >= 11 is 0. The highest BCUT2D eigenvalue weighted by molar-refractivity contribution is 8.02. The van der Waals surface area contributed by atoms with Crippen LogP contribution in [0.5, 0.6) is 0 Å². The zero-order valence-electron chi connectivity index (χ0n) is 15.2. The van der Waals surface area contributed by atoms with Crippen LogP contribution >= 0.6 is 13.5 Å². The third-order valence-corrected chi connectivity index (χ3v) is 7.45. The molecule has 0 saturated heterocycles. The fourth-order valence-electron chi connectivity index (χ4n) is 2.24. The van der Waals surface area contributed by atoms with Crippen LogP contribution in [0.15, 0.2) is 63.3 Å². The highest BCUT2D eigenvalue weighted by Gasteiger charge is 2.19. The molecular formula is C17H22N2O6S3. The minimum Gasteiger partial charge on any atom is -0.377 e. The van der Waals surface area contributed by atoms with E-state index < -0.39 is 24.7 Å². The van der Waals surface area contributed by atoms with Crippen molar-refractivity contribution >= 4 is 38.9 Å². The van der Waals surface area contributed by atoms with Crippen LogP contribution in [-0.4, -0.2) is 36.2 Å². The first-order valence-corrected chi connectivity index (χ1v) is 11.6. The van der Waals surface area contributed by atoms with E-state index in [0.717, 1.165) is 11.6 Å². The monoisotopic (exact) mass is 446 g/mol. The second-order valence-corrected chi connectivity index (χ2v) is 10.2. The summed E-state index contributed by atoms with van der Waals surface area (Å²) in [6, 6.07) is 14.0. The molecule has 1 atom stereocenters. The van der Waals surface area contributed by atoms with Crippen molar-refractivity contribution in [2.45, 2.75) is 17.9 Å². The predicted octanol–water partition coefficient (Wildman–Crippen LogP) is 3.10. The van der Waals surface area contributed by atoms with Crippen molar-refractivity contribution in [3.8, 4) is 0 Å². The van der Waals surface area contributed by atoms with Gasteiger partial charge in [-0.1, -0.05) is 36.4 Å². The molecule has 8 nitrogen and oxygen atoms in total. The molecule has 0 aliphatic rings. The number of hydrogen-bond donors (Lipinski definition) is 0. The third-order valence-electron chi connectivity index (χ3n) is 3.51. The average Bonchev–Trinajstić information content (AvgIpc) is 2.61. The summed E-state index contributed by atoms with van der Waals surface area (Å²) in [6.45, 7) is 0.723. The Bertz CT molecular complexity index is 1020. The molecule has 0 amide bonds. The van der Waals surface area contributed by atoms with Crippen LogP contribution in [0.25, 0.3) is 0 Å². The van der Waals surface area contributed by atoms with Gasteiger partial charge in [0.1, 0.15) is 0 Å². The zero-order valence-corrected chi connectivity index (χ0v) is 17.8.